The van der Waals surface area contributed by atoms with Gasteiger partial charge in [0.05, 0.1) is 12.1 Å². The molecule has 0 amide bonds. The maximum atomic E-state index is 5.71. The predicted octanol–water partition coefficient (Wildman–Crippen LogP) is 1.07. The topological polar surface area (TPSA) is 29.3 Å². The van der Waals surface area contributed by atoms with Crippen molar-refractivity contribution >= 4 is 0 Å². The van der Waals surface area contributed by atoms with E-state index in [4.69, 9.17) is 5.73 Å². The quantitative estimate of drug-likeness (QED) is 0.639. The first kappa shape index (κ1) is 11.5. The van der Waals surface area contributed by atoms with Gasteiger partial charge >= 0.3 is 0 Å². The van der Waals surface area contributed by atoms with Crippen molar-refractivity contribution in [2.24, 2.45) is 5.73 Å². The Morgan fingerprint density at radius 2 is 1.75 bits per heavy atom. The van der Waals surface area contributed by atoms with Crippen molar-refractivity contribution in [3.05, 3.63) is 0 Å². The van der Waals surface area contributed by atoms with E-state index >= 15 is 0 Å². The van der Waals surface area contributed by atoms with E-state index in [2.05, 4.69) is 30.6 Å². The third-order valence-electron chi connectivity index (χ3n) is 1.61. The highest BCUT2D eigenvalue weighted by molar-refractivity contribution is 5.13. The zero-order valence-corrected chi connectivity index (χ0v) is 8.65. The Morgan fingerprint density at radius 3 is 2.08 bits per heavy atom. The fraction of sp³-hybridized carbons (Fsp3) is 0.800. The molecule has 0 aromatic rings. The van der Waals surface area contributed by atoms with Gasteiger partial charge in [0.15, 0.2) is 0 Å². The molecule has 70 valence electrons. The SMILES string of the molecule is CCN(CC)CC#CC(C)(C)N. The zero-order valence-electron chi connectivity index (χ0n) is 8.65. The highest BCUT2D eigenvalue weighted by atomic mass is 15.1. The maximum Gasteiger partial charge on any atom is 0.0719 e. The van der Waals surface area contributed by atoms with Crippen LogP contribution in [0.1, 0.15) is 27.7 Å². The Balaban J connectivity index is 3.84. The maximum absolute atomic E-state index is 5.71. The minimum Gasteiger partial charge on any atom is -0.316 e. The number of rotatable bonds is 3. The van der Waals surface area contributed by atoms with Gasteiger partial charge < -0.3 is 5.73 Å². The lowest BCUT2D eigenvalue weighted by molar-refractivity contribution is 0.342. The van der Waals surface area contributed by atoms with Crippen molar-refractivity contribution in [2.45, 2.75) is 33.2 Å². The molecule has 0 aromatic carbocycles. The zero-order chi connectivity index (χ0) is 9.61. The molecule has 2 N–H and O–H groups in total. The molecule has 2 heteroatoms. The Morgan fingerprint density at radius 1 is 1.25 bits per heavy atom. The van der Waals surface area contributed by atoms with Crippen LogP contribution in [0.2, 0.25) is 0 Å². The normalized spacial score (nSPS) is 11.2. The molecule has 0 radical (unpaired) electrons. The third-order valence-corrected chi connectivity index (χ3v) is 1.61. The minimum atomic E-state index is -0.354. The third kappa shape index (κ3) is 6.21. The molecule has 12 heavy (non-hydrogen) atoms. The van der Waals surface area contributed by atoms with E-state index in [1.807, 2.05) is 13.8 Å². The van der Waals surface area contributed by atoms with Gasteiger partial charge in [0, 0.05) is 0 Å². The second kappa shape index (κ2) is 5.18. The van der Waals surface area contributed by atoms with Crippen LogP contribution >= 0.6 is 0 Å². The van der Waals surface area contributed by atoms with Crippen LogP contribution in [0.15, 0.2) is 0 Å². The van der Waals surface area contributed by atoms with Crippen molar-refractivity contribution in [1.82, 2.24) is 4.90 Å². The van der Waals surface area contributed by atoms with Gasteiger partial charge in [0.25, 0.3) is 0 Å². The standard InChI is InChI=1S/C10H20N2/c1-5-12(6-2)9-7-8-10(3,4)11/h5-6,9,11H2,1-4H3. The number of hydrogen-bond acceptors (Lipinski definition) is 2. The van der Waals surface area contributed by atoms with Crippen LogP contribution in [0, 0.1) is 11.8 Å². The molecule has 0 aromatic heterocycles. The van der Waals surface area contributed by atoms with Crippen LogP contribution in [-0.4, -0.2) is 30.1 Å². The molecule has 0 saturated heterocycles. The second-order valence-electron chi connectivity index (χ2n) is 3.48. The van der Waals surface area contributed by atoms with E-state index in [1.165, 1.54) is 0 Å². The highest BCUT2D eigenvalue weighted by Gasteiger charge is 2.03. The Bertz CT molecular complexity index is 165. The average Bonchev–Trinajstić information content (AvgIpc) is 1.96. The van der Waals surface area contributed by atoms with Crippen LogP contribution in [0.3, 0.4) is 0 Å². The summed E-state index contributed by atoms with van der Waals surface area (Å²) < 4.78 is 0. The van der Waals surface area contributed by atoms with E-state index in [-0.39, 0.29) is 5.54 Å². The summed E-state index contributed by atoms with van der Waals surface area (Å²) in [4.78, 5) is 2.26. The fourth-order valence-corrected chi connectivity index (χ4v) is 0.826. The summed E-state index contributed by atoms with van der Waals surface area (Å²) in [6, 6.07) is 0. The molecular weight excluding hydrogens is 148 g/mol. The fourth-order valence-electron chi connectivity index (χ4n) is 0.826. The molecule has 0 heterocycles. The van der Waals surface area contributed by atoms with Gasteiger partial charge in [0.2, 0.25) is 0 Å². The summed E-state index contributed by atoms with van der Waals surface area (Å²) in [5.74, 6) is 6.09. The van der Waals surface area contributed by atoms with E-state index in [9.17, 15) is 0 Å². The van der Waals surface area contributed by atoms with E-state index < -0.39 is 0 Å². The smallest absolute Gasteiger partial charge is 0.0719 e. The molecule has 0 atom stereocenters. The molecule has 0 aliphatic rings. The molecule has 0 aliphatic heterocycles. The summed E-state index contributed by atoms with van der Waals surface area (Å²) in [5.41, 5.74) is 5.36. The van der Waals surface area contributed by atoms with Crippen molar-refractivity contribution < 1.29 is 0 Å². The Kier molecular flexibility index (Phi) is 4.96. The summed E-state index contributed by atoms with van der Waals surface area (Å²) in [7, 11) is 0. The number of hydrogen-bond donors (Lipinski definition) is 1. The van der Waals surface area contributed by atoms with Gasteiger partial charge in [-0.2, -0.15) is 0 Å². The molecule has 0 aliphatic carbocycles. The first-order chi connectivity index (χ1) is 5.49. The van der Waals surface area contributed by atoms with Crippen molar-refractivity contribution in [1.29, 1.82) is 0 Å². The van der Waals surface area contributed by atoms with Gasteiger partial charge in [-0.3, -0.25) is 4.90 Å². The predicted molar refractivity (Wildman–Crippen MR) is 53.8 cm³/mol. The second-order valence-corrected chi connectivity index (χ2v) is 3.48. The van der Waals surface area contributed by atoms with Crippen LogP contribution in [-0.2, 0) is 0 Å². The molecule has 0 bridgehead atoms. The lowest BCUT2D eigenvalue weighted by Gasteiger charge is -2.14. The van der Waals surface area contributed by atoms with E-state index in [0.717, 1.165) is 19.6 Å². The monoisotopic (exact) mass is 168 g/mol. The molecule has 0 fully saturated rings. The van der Waals surface area contributed by atoms with E-state index in [0.29, 0.717) is 0 Å². The Hall–Kier alpha value is -0.520. The summed E-state index contributed by atoms with van der Waals surface area (Å²) >= 11 is 0. The van der Waals surface area contributed by atoms with Gasteiger partial charge in [-0.05, 0) is 26.9 Å². The van der Waals surface area contributed by atoms with Crippen molar-refractivity contribution in [3.63, 3.8) is 0 Å². The average molecular weight is 168 g/mol. The lowest BCUT2D eigenvalue weighted by atomic mass is 10.1. The molecule has 0 rings (SSSR count). The van der Waals surface area contributed by atoms with Crippen molar-refractivity contribution in [2.75, 3.05) is 19.6 Å². The van der Waals surface area contributed by atoms with E-state index in [1.54, 1.807) is 0 Å². The van der Waals surface area contributed by atoms with Crippen molar-refractivity contribution in [3.8, 4) is 11.8 Å². The van der Waals surface area contributed by atoms with Gasteiger partial charge in [-0.15, -0.1) is 0 Å². The van der Waals surface area contributed by atoms with Gasteiger partial charge in [-0.25, -0.2) is 0 Å². The summed E-state index contributed by atoms with van der Waals surface area (Å²) in [6.45, 7) is 11.0. The Labute approximate surface area is 76.1 Å². The summed E-state index contributed by atoms with van der Waals surface area (Å²) in [6.07, 6.45) is 0. The largest absolute Gasteiger partial charge is 0.316 e. The van der Waals surface area contributed by atoms with Crippen LogP contribution in [0.25, 0.3) is 0 Å². The highest BCUT2D eigenvalue weighted by Crippen LogP contribution is 1.92. The van der Waals surface area contributed by atoms with Gasteiger partial charge in [0.1, 0.15) is 0 Å². The van der Waals surface area contributed by atoms with Crippen LogP contribution in [0.4, 0.5) is 0 Å². The lowest BCUT2D eigenvalue weighted by Crippen LogP contribution is -2.30. The summed E-state index contributed by atoms with van der Waals surface area (Å²) in [5, 5.41) is 0. The van der Waals surface area contributed by atoms with Crippen LogP contribution in [0.5, 0.6) is 0 Å². The molecule has 2 nitrogen and oxygen atoms in total. The minimum absolute atomic E-state index is 0.354. The molecule has 0 spiro atoms. The number of nitrogens with two attached hydrogens (primary N) is 1. The first-order valence-corrected chi connectivity index (χ1v) is 4.51. The molecule has 0 saturated carbocycles. The van der Waals surface area contributed by atoms with Crippen LogP contribution < -0.4 is 5.73 Å². The van der Waals surface area contributed by atoms with Gasteiger partial charge in [-0.1, -0.05) is 25.7 Å². The molecular formula is C10H20N2. The first-order valence-electron chi connectivity index (χ1n) is 4.51. The number of nitrogens with zero attached hydrogens (tertiary/aromatic N) is 1. The molecule has 0 unspecified atom stereocenters.